The average molecular weight is 357 g/mol. The van der Waals surface area contributed by atoms with Crippen molar-refractivity contribution in [3.05, 3.63) is 87.8 Å². The van der Waals surface area contributed by atoms with E-state index in [2.05, 4.69) is 5.10 Å². The molecule has 0 spiro atoms. The van der Waals surface area contributed by atoms with Crippen LogP contribution in [0.5, 0.6) is 5.75 Å². The van der Waals surface area contributed by atoms with Crippen LogP contribution in [0.1, 0.15) is 11.3 Å². The standard InChI is InChI=1S/C18H13F2N3O3/c19-12-8-13(20)10-14(9-12)23-5-4-17(24)16(22-23)7-11-2-1-3-15(6-11)26-18(21)25/h1-6,8-10H,7H2,(H2,21,25). The van der Waals surface area contributed by atoms with Crippen LogP contribution in [0.15, 0.2) is 59.5 Å². The van der Waals surface area contributed by atoms with Gasteiger partial charge >= 0.3 is 6.09 Å². The maximum Gasteiger partial charge on any atom is 0.409 e. The van der Waals surface area contributed by atoms with Crippen LogP contribution in [0.2, 0.25) is 0 Å². The largest absolute Gasteiger partial charge is 0.410 e. The first kappa shape index (κ1) is 17.3. The smallest absolute Gasteiger partial charge is 0.409 e. The van der Waals surface area contributed by atoms with Crippen molar-refractivity contribution in [2.75, 3.05) is 0 Å². The summed E-state index contributed by atoms with van der Waals surface area (Å²) in [5.74, 6) is -1.27. The van der Waals surface area contributed by atoms with Crippen LogP contribution in [-0.2, 0) is 6.42 Å². The second-order valence-electron chi connectivity index (χ2n) is 5.44. The summed E-state index contributed by atoms with van der Waals surface area (Å²) in [6.45, 7) is 0. The number of carbonyl (C=O) groups is 1. The number of nitrogens with zero attached hydrogens (tertiary/aromatic N) is 2. The zero-order chi connectivity index (χ0) is 18.7. The number of halogens is 2. The number of carbonyl (C=O) groups excluding carboxylic acids is 1. The number of primary amides is 1. The Morgan fingerprint density at radius 2 is 1.85 bits per heavy atom. The van der Waals surface area contributed by atoms with Gasteiger partial charge in [0.1, 0.15) is 23.1 Å². The van der Waals surface area contributed by atoms with Crippen molar-refractivity contribution in [1.82, 2.24) is 9.78 Å². The van der Waals surface area contributed by atoms with Crippen molar-refractivity contribution in [2.24, 2.45) is 5.73 Å². The summed E-state index contributed by atoms with van der Waals surface area (Å²) in [6.07, 6.45) is 0.510. The molecule has 0 atom stereocenters. The maximum absolute atomic E-state index is 13.4. The second kappa shape index (κ2) is 7.14. The Labute approximate surface area is 146 Å². The summed E-state index contributed by atoms with van der Waals surface area (Å²) >= 11 is 0. The first-order valence-electron chi connectivity index (χ1n) is 7.52. The zero-order valence-corrected chi connectivity index (χ0v) is 13.4. The fraction of sp³-hybridized carbons (Fsp3) is 0.0556. The number of hydrogen-bond donors (Lipinski definition) is 1. The average Bonchev–Trinajstić information content (AvgIpc) is 2.55. The van der Waals surface area contributed by atoms with Gasteiger partial charge in [-0.25, -0.2) is 18.3 Å². The van der Waals surface area contributed by atoms with E-state index < -0.39 is 17.7 Å². The number of hydrogen-bond acceptors (Lipinski definition) is 4. The molecule has 0 unspecified atom stereocenters. The van der Waals surface area contributed by atoms with E-state index in [0.717, 1.165) is 18.2 Å². The molecule has 3 rings (SSSR count). The quantitative estimate of drug-likeness (QED) is 0.777. The van der Waals surface area contributed by atoms with Gasteiger partial charge in [0.05, 0.1) is 5.69 Å². The molecule has 8 heteroatoms. The normalized spacial score (nSPS) is 10.5. The highest BCUT2D eigenvalue weighted by Gasteiger charge is 2.09. The SMILES string of the molecule is NC(=O)Oc1cccc(Cc2nn(-c3cc(F)cc(F)c3)ccc2=O)c1. The van der Waals surface area contributed by atoms with Gasteiger partial charge in [0, 0.05) is 24.8 Å². The molecule has 2 aromatic carbocycles. The number of rotatable bonds is 4. The Kier molecular flexibility index (Phi) is 4.74. The van der Waals surface area contributed by atoms with E-state index in [1.54, 1.807) is 24.3 Å². The molecule has 2 N–H and O–H groups in total. The molecule has 0 aliphatic heterocycles. The molecule has 0 aliphatic carbocycles. The van der Waals surface area contributed by atoms with Crippen molar-refractivity contribution < 1.29 is 18.3 Å². The van der Waals surface area contributed by atoms with Gasteiger partial charge in [-0.05, 0) is 29.8 Å². The Balaban J connectivity index is 1.94. The van der Waals surface area contributed by atoms with Gasteiger partial charge in [0.2, 0.25) is 5.43 Å². The molecular weight excluding hydrogens is 344 g/mol. The molecule has 0 saturated heterocycles. The van der Waals surface area contributed by atoms with Crippen LogP contribution in [0.4, 0.5) is 13.6 Å². The monoisotopic (exact) mass is 357 g/mol. The predicted octanol–water partition coefficient (Wildman–Crippen LogP) is 2.56. The summed E-state index contributed by atoms with van der Waals surface area (Å²) < 4.78 is 32.8. The molecular formula is C18H13F2N3O3. The van der Waals surface area contributed by atoms with E-state index >= 15 is 0 Å². The van der Waals surface area contributed by atoms with Crippen molar-refractivity contribution >= 4 is 6.09 Å². The Morgan fingerprint density at radius 3 is 2.54 bits per heavy atom. The molecule has 132 valence electrons. The summed E-state index contributed by atoms with van der Waals surface area (Å²) in [5.41, 5.74) is 5.60. The van der Waals surface area contributed by atoms with Gasteiger partial charge in [0.15, 0.2) is 0 Å². The fourth-order valence-electron chi connectivity index (χ4n) is 2.41. The third kappa shape index (κ3) is 4.10. The maximum atomic E-state index is 13.4. The van der Waals surface area contributed by atoms with Crippen LogP contribution in [0, 0.1) is 11.6 Å². The number of benzene rings is 2. The van der Waals surface area contributed by atoms with Crippen molar-refractivity contribution in [1.29, 1.82) is 0 Å². The first-order valence-corrected chi connectivity index (χ1v) is 7.52. The first-order chi connectivity index (χ1) is 12.4. The highest BCUT2D eigenvalue weighted by molar-refractivity contribution is 5.68. The van der Waals surface area contributed by atoms with Gasteiger partial charge in [-0.2, -0.15) is 5.10 Å². The van der Waals surface area contributed by atoms with E-state index in [1.807, 2.05) is 0 Å². The predicted molar refractivity (Wildman–Crippen MR) is 89.2 cm³/mol. The topological polar surface area (TPSA) is 87.2 Å². The number of nitrogens with two attached hydrogens (primary N) is 1. The molecule has 1 aromatic heterocycles. The van der Waals surface area contributed by atoms with E-state index in [0.29, 0.717) is 5.56 Å². The van der Waals surface area contributed by atoms with Crippen molar-refractivity contribution in [3.8, 4) is 11.4 Å². The molecule has 0 saturated carbocycles. The van der Waals surface area contributed by atoms with Gasteiger partial charge in [0.25, 0.3) is 0 Å². The van der Waals surface area contributed by atoms with Gasteiger partial charge in [-0.15, -0.1) is 0 Å². The lowest BCUT2D eigenvalue weighted by atomic mass is 10.1. The molecule has 0 radical (unpaired) electrons. The molecule has 6 nitrogen and oxygen atoms in total. The Hall–Kier alpha value is -3.55. The van der Waals surface area contributed by atoms with Crippen LogP contribution >= 0.6 is 0 Å². The summed E-state index contributed by atoms with van der Waals surface area (Å²) in [6, 6.07) is 10.7. The highest BCUT2D eigenvalue weighted by Crippen LogP contribution is 2.16. The summed E-state index contributed by atoms with van der Waals surface area (Å²) in [4.78, 5) is 22.9. The van der Waals surface area contributed by atoms with E-state index in [1.165, 1.54) is 16.9 Å². The molecule has 1 amide bonds. The molecule has 26 heavy (non-hydrogen) atoms. The zero-order valence-electron chi connectivity index (χ0n) is 13.4. The van der Waals surface area contributed by atoms with E-state index in [9.17, 15) is 18.4 Å². The number of ether oxygens (including phenoxy) is 1. The minimum absolute atomic E-state index is 0.132. The minimum atomic E-state index is -0.949. The number of amides is 1. The fourth-order valence-corrected chi connectivity index (χ4v) is 2.41. The van der Waals surface area contributed by atoms with Gasteiger partial charge < -0.3 is 10.5 Å². The summed E-state index contributed by atoms with van der Waals surface area (Å²) in [7, 11) is 0. The third-order valence-corrected chi connectivity index (χ3v) is 3.48. The second-order valence-corrected chi connectivity index (χ2v) is 5.44. The molecule has 1 heterocycles. The molecule has 0 aliphatic rings. The minimum Gasteiger partial charge on any atom is -0.410 e. The van der Waals surface area contributed by atoms with E-state index in [-0.39, 0.29) is 29.0 Å². The van der Waals surface area contributed by atoms with E-state index in [4.69, 9.17) is 10.5 Å². The Morgan fingerprint density at radius 1 is 1.12 bits per heavy atom. The molecule has 3 aromatic rings. The highest BCUT2D eigenvalue weighted by atomic mass is 19.1. The van der Waals surface area contributed by atoms with Crippen LogP contribution < -0.4 is 15.9 Å². The lowest BCUT2D eigenvalue weighted by Crippen LogP contribution is -2.17. The van der Waals surface area contributed by atoms with Crippen LogP contribution in [-0.4, -0.2) is 15.9 Å². The number of aromatic nitrogens is 2. The van der Waals surface area contributed by atoms with Crippen LogP contribution in [0.25, 0.3) is 5.69 Å². The van der Waals surface area contributed by atoms with Gasteiger partial charge in [-0.1, -0.05) is 12.1 Å². The Bertz CT molecular complexity index is 1010. The van der Waals surface area contributed by atoms with Gasteiger partial charge in [-0.3, -0.25) is 4.79 Å². The molecule has 0 bridgehead atoms. The van der Waals surface area contributed by atoms with Crippen LogP contribution in [0.3, 0.4) is 0 Å². The molecule has 0 fully saturated rings. The lowest BCUT2D eigenvalue weighted by molar-refractivity contribution is 0.211. The third-order valence-electron chi connectivity index (χ3n) is 3.48. The summed E-state index contributed by atoms with van der Waals surface area (Å²) in [5, 5.41) is 4.15. The van der Waals surface area contributed by atoms with Crippen molar-refractivity contribution in [3.63, 3.8) is 0 Å². The van der Waals surface area contributed by atoms with Crippen molar-refractivity contribution in [2.45, 2.75) is 6.42 Å². The lowest BCUT2D eigenvalue weighted by Gasteiger charge is -2.09.